The zero-order valence-electron chi connectivity index (χ0n) is 12.2. The summed E-state index contributed by atoms with van der Waals surface area (Å²) in [7, 11) is 1.45. The van der Waals surface area contributed by atoms with Gasteiger partial charge in [0.15, 0.2) is 0 Å². The van der Waals surface area contributed by atoms with Gasteiger partial charge in [-0.3, -0.25) is 14.8 Å². The van der Waals surface area contributed by atoms with E-state index in [0.717, 1.165) is 4.57 Å². The highest BCUT2D eigenvalue weighted by atomic mass is 16.5. The van der Waals surface area contributed by atoms with Gasteiger partial charge in [0.05, 0.1) is 18.5 Å². The van der Waals surface area contributed by atoms with Crippen molar-refractivity contribution in [3.05, 3.63) is 68.5 Å². The number of aliphatic imine (C=N–C) groups is 1. The number of methoxy groups -OCH3 is 1. The molecule has 1 aliphatic heterocycles. The average molecular weight is 311 g/mol. The molecule has 116 valence electrons. The number of aromatic nitrogens is 2. The van der Waals surface area contributed by atoms with Crippen LogP contribution in [-0.4, -0.2) is 28.0 Å². The molecular formula is C16H13N3O4. The van der Waals surface area contributed by atoms with E-state index in [4.69, 9.17) is 4.74 Å². The Morgan fingerprint density at radius 1 is 1.30 bits per heavy atom. The molecule has 0 fully saturated rings. The van der Waals surface area contributed by atoms with E-state index in [1.54, 1.807) is 42.6 Å². The zero-order valence-corrected chi connectivity index (χ0v) is 12.2. The largest absolute Gasteiger partial charge is 0.495 e. The number of rotatable bonds is 3. The topological polar surface area (TPSA) is 96.7 Å². The van der Waals surface area contributed by atoms with Gasteiger partial charge in [-0.05, 0) is 30.4 Å². The van der Waals surface area contributed by atoms with Crippen molar-refractivity contribution < 1.29 is 9.84 Å². The van der Waals surface area contributed by atoms with Gasteiger partial charge in [-0.1, -0.05) is 12.1 Å². The van der Waals surface area contributed by atoms with Crippen LogP contribution in [0, 0.1) is 0 Å². The van der Waals surface area contributed by atoms with E-state index in [-0.39, 0.29) is 5.56 Å². The fraction of sp³-hybridized carbons (Fsp3) is 0.0625. The molecule has 0 radical (unpaired) electrons. The van der Waals surface area contributed by atoms with Crippen LogP contribution < -0.4 is 16.0 Å². The third-order valence-corrected chi connectivity index (χ3v) is 3.32. The Balaban J connectivity index is 2.29. The van der Waals surface area contributed by atoms with Gasteiger partial charge >= 0.3 is 5.69 Å². The minimum atomic E-state index is -0.760. The van der Waals surface area contributed by atoms with Gasteiger partial charge < -0.3 is 9.84 Å². The molecule has 0 saturated carbocycles. The van der Waals surface area contributed by atoms with Gasteiger partial charge in [-0.15, -0.1) is 0 Å². The first-order valence-corrected chi connectivity index (χ1v) is 6.76. The predicted octanol–water partition coefficient (Wildman–Crippen LogP) is 1.22. The number of para-hydroxylation sites is 2. The summed E-state index contributed by atoms with van der Waals surface area (Å²) in [5, 5.41) is 10.5. The number of nitrogens with zero attached hydrogens (tertiary/aromatic N) is 2. The third-order valence-electron chi connectivity index (χ3n) is 3.32. The smallest absolute Gasteiger partial charge is 0.335 e. The number of H-pyrrole nitrogens is 1. The van der Waals surface area contributed by atoms with E-state index >= 15 is 0 Å². The number of aromatic amines is 1. The SMILES string of the molecule is COc1ccccc1-n1c(O)c(/C=C2/C=CC=N2)c(=O)[nH]c1=O. The first-order valence-electron chi connectivity index (χ1n) is 6.76. The molecule has 0 amide bonds. The van der Waals surface area contributed by atoms with Crippen LogP contribution in [0.3, 0.4) is 0 Å². The quantitative estimate of drug-likeness (QED) is 0.890. The van der Waals surface area contributed by atoms with E-state index in [0.29, 0.717) is 17.1 Å². The lowest BCUT2D eigenvalue weighted by atomic mass is 10.2. The van der Waals surface area contributed by atoms with Crippen molar-refractivity contribution >= 4 is 12.3 Å². The summed E-state index contributed by atoms with van der Waals surface area (Å²) in [5.41, 5.74) is -0.699. The second-order valence-electron chi connectivity index (χ2n) is 4.71. The molecule has 7 nitrogen and oxygen atoms in total. The van der Waals surface area contributed by atoms with Crippen molar-refractivity contribution in [2.75, 3.05) is 7.11 Å². The molecule has 2 aromatic rings. The first-order chi connectivity index (χ1) is 11.1. The van der Waals surface area contributed by atoms with Gasteiger partial charge in [0.1, 0.15) is 11.3 Å². The van der Waals surface area contributed by atoms with Crippen molar-refractivity contribution in [1.29, 1.82) is 0 Å². The fourth-order valence-corrected chi connectivity index (χ4v) is 2.25. The Morgan fingerprint density at radius 2 is 2.09 bits per heavy atom. The summed E-state index contributed by atoms with van der Waals surface area (Å²) in [6.45, 7) is 0. The van der Waals surface area contributed by atoms with Crippen LogP contribution in [0.15, 0.2) is 56.7 Å². The van der Waals surface area contributed by atoms with Gasteiger partial charge in [-0.2, -0.15) is 0 Å². The second-order valence-corrected chi connectivity index (χ2v) is 4.71. The predicted molar refractivity (Wildman–Crippen MR) is 86.5 cm³/mol. The molecule has 0 spiro atoms. The third kappa shape index (κ3) is 2.59. The monoisotopic (exact) mass is 311 g/mol. The Labute approximate surface area is 130 Å². The van der Waals surface area contributed by atoms with E-state index in [1.807, 2.05) is 0 Å². The highest BCUT2D eigenvalue weighted by Gasteiger charge is 2.17. The van der Waals surface area contributed by atoms with Crippen molar-refractivity contribution in [2.24, 2.45) is 4.99 Å². The standard InChI is InChI=1S/C16H13N3O4/c1-23-13-7-3-2-6-12(13)19-15(21)11(14(20)18-16(19)22)9-10-5-4-8-17-10/h2-9,21H,1H3,(H,18,20,22)/b10-9-. The Kier molecular flexibility index (Phi) is 3.68. The van der Waals surface area contributed by atoms with E-state index in [1.165, 1.54) is 13.2 Å². The van der Waals surface area contributed by atoms with Crippen molar-refractivity contribution in [3.63, 3.8) is 0 Å². The van der Waals surface area contributed by atoms with E-state index in [9.17, 15) is 14.7 Å². The molecular weight excluding hydrogens is 298 g/mol. The molecule has 0 saturated heterocycles. The summed E-state index contributed by atoms with van der Waals surface area (Å²) in [4.78, 5) is 30.4. The van der Waals surface area contributed by atoms with Crippen molar-refractivity contribution in [2.45, 2.75) is 0 Å². The lowest BCUT2D eigenvalue weighted by Gasteiger charge is -2.13. The number of nitrogens with one attached hydrogen (secondary N) is 1. The molecule has 2 heterocycles. The summed E-state index contributed by atoms with van der Waals surface area (Å²) in [6.07, 6.45) is 6.34. The minimum Gasteiger partial charge on any atom is -0.495 e. The second kappa shape index (κ2) is 5.80. The number of allylic oxidation sites excluding steroid dienone is 2. The van der Waals surface area contributed by atoms with E-state index in [2.05, 4.69) is 9.98 Å². The Hall–Kier alpha value is -3.35. The zero-order chi connectivity index (χ0) is 16.4. The van der Waals surface area contributed by atoms with Gasteiger partial charge in [0.25, 0.3) is 5.56 Å². The van der Waals surface area contributed by atoms with Crippen LogP contribution in [0.1, 0.15) is 5.56 Å². The Bertz CT molecular complexity index is 950. The van der Waals surface area contributed by atoms with Crippen LogP contribution in [0.5, 0.6) is 11.6 Å². The number of benzene rings is 1. The molecule has 0 unspecified atom stereocenters. The first kappa shape index (κ1) is 14.6. The molecule has 1 aromatic carbocycles. The summed E-state index contributed by atoms with van der Waals surface area (Å²) < 4.78 is 6.18. The highest BCUT2D eigenvalue weighted by Crippen LogP contribution is 2.26. The van der Waals surface area contributed by atoms with Crippen LogP contribution in [-0.2, 0) is 0 Å². The van der Waals surface area contributed by atoms with Crippen LogP contribution in [0.4, 0.5) is 0 Å². The normalized spacial score (nSPS) is 14.6. The van der Waals surface area contributed by atoms with Crippen LogP contribution in [0.2, 0.25) is 0 Å². The van der Waals surface area contributed by atoms with Crippen LogP contribution >= 0.6 is 0 Å². The van der Waals surface area contributed by atoms with Crippen molar-refractivity contribution in [1.82, 2.24) is 9.55 Å². The molecule has 1 aliphatic rings. The fourth-order valence-electron chi connectivity index (χ4n) is 2.25. The summed E-state index contributed by atoms with van der Waals surface area (Å²) in [6, 6.07) is 6.67. The molecule has 0 atom stereocenters. The molecule has 1 aromatic heterocycles. The van der Waals surface area contributed by atoms with Crippen LogP contribution in [0.25, 0.3) is 11.8 Å². The van der Waals surface area contributed by atoms with Gasteiger partial charge in [-0.25, -0.2) is 9.36 Å². The molecule has 3 rings (SSSR count). The van der Waals surface area contributed by atoms with Crippen molar-refractivity contribution in [3.8, 4) is 17.3 Å². The maximum absolute atomic E-state index is 12.1. The summed E-state index contributed by atoms with van der Waals surface area (Å²) >= 11 is 0. The number of ether oxygens (including phenoxy) is 1. The number of hydrogen-bond donors (Lipinski definition) is 2. The Morgan fingerprint density at radius 3 is 2.78 bits per heavy atom. The molecule has 0 bridgehead atoms. The molecule has 0 aliphatic carbocycles. The maximum Gasteiger partial charge on any atom is 0.335 e. The highest BCUT2D eigenvalue weighted by molar-refractivity contribution is 5.79. The van der Waals surface area contributed by atoms with Gasteiger partial charge in [0, 0.05) is 6.21 Å². The number of hydrogen-bond acceptors (Lipinski definition) is 5. The summed E-state index contributed by atoms with van der Waals surface area (Å²) in [5.74, 6) is -0.0967. The molecule has 23 heavy (non-hydrogen) atoms. The average Bonchev–Trinajstić information content (AvgIpc) is 3.05. The van der Waals surface area contributed by atoms with E-state index < -0.39 is 17.1 Å². The lowest BCUT2D eigenvalue weighted by Crippen LogP contribution is -2.30. The molecule has 2 N–H and O–H groups in total. The maximum atomic E-state index is 12.1. The molecule has 7 heteroatoms. The number of aromatic hydroxyl groups is 1. The van der Waals surface area contributed by atoms with Gasteiger partial charge in [0.2, 0.25) is 5.88 Å². The lowest BCUT2D eigenvalue weighted by molar-refractivity contribution is 0.401. The minimum absolute atomic E-state index is 0.0609.